The average Bonchev–Trinajstić information content (AvgIpc) is 2.53. The molecule has 2 aliphatic rings. The first-order valence-electron chi connectivity index (χ1n) is 5.22. The van der Waals surface area contributed by atoms with E-state index in [1.807, 2.05) is 0 Å². The molecule has 0 radical (unpaired) electrons. The predicted molar refractivity (Wildman–Crippen MR) is 49.0 cm³/mol. The Morgan fingerprint density at radius 1 is 1.25 bits per heavy atom. The monoisotopic (exact) mass is 169 g/mol. The minimum Gasteiger partial charge on any atom is -0.395 e. The van der Waals surface area contributed by atoms with E-state index in [0.29, 0.717) is 5.41 Å². The van der Waals surface area contributed by atoms with Crippen molar-refractivity contribution >= 4 is 0 Å². The number of hydrogen-bond donors (Lipinski definition) is 2. The smallest absolute Gasteiger partial charge is 0.0556 e. The summed E-state index contributed by atoms with van der Waals surface area (Å²) in [5.41, 5.74) is 0.662. The summed E-state index contributed by atoms with van der Waals surface area (Å²) in [5, 5.41) is 12.2. The van der Waals surface area contributed by atoms with Crippen LogP contribution in [0.2, 0.25) is 0 Å². The molecule has 0 heterocycles. The molecule has 2 N–H and O–H groups in total. The first kappa shape index (κ1) is 8.52. The van der Waals surface area contributed by atoms with E-state index >= 15 is 0 Å². The quantitative estimate of drug-likeness (QED) is 0.667. The van der Waals surface area contributed by atoms with Crippen LogP contribution in [0.4, 0.5) is 0 Å². The molecule has 2 heteroatoms. The summed E-state index contributed by atoms with van der Waals surface area (Å²) in [4.78, 5) is 0. The lowest BCUT2D eigenvalue weighted by Gasteiger charge is -2.48. The van der Waals surface area contributed by atoms with E-state index < -0.39 is 0 Å². The molecule has 0 aromatic carbocycles. The number of nitrogens with one attached hydrogen (secondary N) is 1. The van der Waals surface area contributed by atoms with Gasteiger partial charge in [-0.15, -0.1) is 0 Å². The van der Waals surface area contributed by atoms with Gasteiger partial charge >= 0.3 is 0 Å². The highest BCUT2D eigenvalue weighted by Crippen LogP contribution is 2.53. The summed E-state index contributed by atoms with van der Waals surface area (Å²) in [6, 6.07) is 0.729. The minimum atomic E-state index is 0.284. The molecule has 2 nitrogen and oxygen atoms in total. The summed E-state index contributed by atoms with van der Waals surface area (Å²) < 4.78 is 0. The topological polar surface area (TPSA) is 32.3 Å². The fourth-order valence-corrected chi connectivity index (χ4v) is 2.93. The van der Waals surface area contributed by atoms with Crippen molar-refractivity contribution in [2.24, 2.45) is 5.41 Å². The lowest BCUT2D eigenvalue weighted by atomic mass is 9.63. The highest BCUT2D eigenvalue weighted by atomic mass is 16.3. The van der Waals surface area contributed by atoms with Gasteiger partial charge in [-0.2, -0.15) is 0 Å². The van der Waals surface area contributed by atoms with E-state index in [0.717, 1.165) is 12.6 Å². The van der Waals surface area contributed by atoms with Gasteiger partial charge in [0.1, 0.15) is 0 Å². The van der Waals surface area contributed by atoms with Crippen molar-refractivity contribution < 1.29 is 5.11 Å². The van der Waals surface area contributed by atoms with Crippen molar-refractivity contribution in [3.05, 3.63) is 0 Å². The molecule has 1 atom stereocenters. The highest BCUT2D eigenvalue weighted by Gasteiger charge is 2.47. The van der Waals surface area contributed by atoms with Crippen LogP contribution >= 0.6 is 0 Å². The summed E-state index contributed by atoms with van der Waals surface area (Å²) in [6.07, 6.45) is 8.47. The summed E-state index contributed by atoms with van der Waals surface area (Å²) in [6.45, 7) is 1.07. The van der Waals surface area contributed by atoms with Crippen LogP contribution in [0.25, 0.3) is 0 Å². The summed E-state index contributed by atoms with van der Waals surface area (Å²) in [5.74, 6) is 0. The Morgan fingerprint density at radius 2 is 2.00 bits per heavy atom. The van der Waals surface area contributed by atoms with E-state index in [-0.39, 0.29) is 6.61 Å². The van der Waals surface area contributed by atoms with Crippen molar-refractivity contribution in [2.75, 3.05) is 13.2 Å². The van der Waals surface area contributed by atoms with Gasteiger partial charge in [-0.3, -0.25) is 0 Å². The largest absolute Gasteiger partial charge is 0.395 e. The molecule has 2 rings (SSSR count). The van der Waals surface area contributed by atoms with E-state index in [9.17, 15) is 0 Å². The van der Waals surface area contributed by atoms with Gasteiger partial charge in [0.05, 0.1) is 6.61 Å². The molecule has 0 aromatic heterocycles. The number of aliphatic hydroxyl groups excluding tert-OH is 1. The van der Waals surface area contributed by atoms with Crippen molar-refractivity contribution in [1.29, 1.82) is 0 Å². The molecule has 70 valence electrons. The molecule has 2 saturated carbocycles. The molecule has 1 unspecified atom stereocenters. The van der Waals surface area contributed by atoms with Crippen molar-refractivity contribution in [2.45, 2.75) is 44.6 Å². The molecule has 2 fully saturated rings. The zero-order chi connectivity index (χ0) is 8.44. The van der Waals surface area contributed by atoms with Crippen molar-refractivity contribution in [3.8, 4) is 0 Å². The van der Waals surface area contributed by atoms with Crippen LogP contribution in [-0.2, 0) is 0 Å². The van der Waals surface area contributed by atoms with Gasteiger partial charge < -0.3 is 10.4 Å². The number of aliphatic hydroxyl groups is 1. The molecular formula is C10H19NO. The third-order valence-electron chi connectivity index (χ3n) is 3.77. The highest BCUT2D eigenvalue weighted by molar-refractivity contribution is 5.02. The Kier molecular flexibility index (Phi) is 2.37. The summed E-state index contributed by atoms with van der Waals surface area (Å²) in [7, 11) is 0. The van der Waals surface area contributed by atoms with E-state index in [2.05, 4.69) is 5.32 Å². The molecule has 12 heavy (non-hydrogen) atoms. The second kappa shape index (κ2) is 3.35. The lowest BCUT2D eigenvalue weighted by molar-refractivity contribution is 0.0692. The maximum atomic E-state index is 8.70. The number of rotatable bonds is 3. The van der Waals surface area contributed by atoms with Crippen LogP contribution in [0.15, 0.2) is 0 Å². The predicted octanol–water partition coefficient (Wildman–Crippen LogP) is 1.29. The fraction of sp³-hybridized carbons (Fsp3) is 1.00. The third kappa shape index (κ3) is 1.27. The van der Waals surface area contributed by atoms with Gasteiger partial charge in [-0.25, -0.2) is 0 Å². The molecule has 0 saturated heterocycles. The van der Waals surface area contributed by atoms with Crippen LogP contribution < -0.4 is 5.32 Å². The Hall–Kier alpha value is -0.0800. The third-order valence-corrected chi connectivity index (χ3v) is 3.77. The Bertz CT molecular complexity index is 152. The normalized spacial score (nSPS) is 32.2. The summed E-state index contributed by atoms with van der Waals surface area (Å²) >= 11 is 0. The van der Waals surface area contributed by atoms with Gasteiger partial charge in [-0.1, -0.05) is 12.8 Å². The van der Waals surface area contributed by atoms with E-state index in [1.165, 1.54) is 38.5 Å². The molecule has 0 aromatic rings. The zero-order valence-electron chi connectivity index (χ0n) is 7.68. The van der Waals surface area contributed by atoms with Crippen LogP contribution in [0.3, 0.4) is 0 Å². The fourth-order valence-electron chi connectivity index (χ4n) is 2.93. The second-order valence-electron chi connectivity index (χ2n) is 4.34. The van der Waals surface area contributed by atoms with E-state index in [4.69, 9.17) is 5.11 Å². The lowest BCUT2D eigenvalue weighted by Crippen LogP contribution is -2.52. The maximum absolute atomic E-state index is 8.70. The van der Waals surface area contributed by atoms with Gasteiger partial charge in [0, 0.05) is 12.6 Å². The first-order chi connectivity index (χ1) is 5.87. The first-order valence-corrected chi connectivity index (χ1v) is 5.22. The van der Waals surface area contributed by atoms with Crippen LogP contribution in [-0.4, -0.2) is 24.3 Å². The van der Waals surface area contributed by atoms with Crippen molar-refractivity contribution in [1.82, 2.24) is 5.32 Å². The van der Waals surface area contributed by atoms with E-state index in [1.54, 1.807) is 0 Å². The van der Waals surface area contributed by atoms with Gasteiger partial charge in [0.2, 0.25) is 0 Å². The molecule has 0 bridgehead atoms. The minimum absolute atomic E-state index is 0.284. The van der Waals surface area contributed by atoms with Crippen LogP contribution in [0.1, 0.15) is 38.5 Å². The zero-order valence-corrected chi connectivity index (χ0v) is 7.68. The molecule has 0 aliphatic heterocycles. The second-order valence-corrected chi connectivity index (χ2v) is 4.34. The van der Waals surface area contributed by atoms with Gasteiger partial charge in [0.25, 0.3) is 0 Å². The molecule has 2 aliphatic carbocycles. The Morgan fingerprint density at radius 3 is 2.50 bits per heavy atom. The Labute approximate surface area is 74.4 Å². The molecule has 0 amide bonds. The Balaban J connectivity index is 1.83. The van der Waals surface area contributed by atoms with Gasteiger partial charge in [-0.05, 0) is 31.1 Å². The molecular weight excluding hydrogens is 150 g/mol. The van der Waals surface area contributed by atoms with Crippen molar-refractivity contribution in [3.63, 3.8) is 0 Å². The van der Waals surface area contributed by atoms with Crippen LogP contribution in [0, 0.1) is 5.41 Å². The average molecular weight is 169 g/mol. The standard InChI is InChI=1S/C10H19NO/c12-8-7-11-9-3-6-10(9)4-1-2-5-10/h9,11-12H,1-8H2. The molecule has 1 spiro atoms. The number of hydrogen-bond acceptors (Lipinski definition) is 2. The SMILES string of the molecule is OCCNC1CCC12CCCC2. The maximum Gasteiger partial charge on any atom is 0.0556 e. The van der Waals surface area contributed by atoms with Gasteiger partial charge in [0.15, 0.2) is 0 Å². The van der Waals surface area contributed by atoms with Crippen LogP contribution in [0.5, 0.6) is 0 Å².